The molecule has 3 fully saturated rings. The number of hydrogen-bond donors (Lipinski definition) is 3. The lowest BCUT2D eigenvalue weighted by molar-refractivity contribution is -0.167. The first-order valence-corrected chi connectivity index (χ1v) is 13.5. The van der Waals surface area contributed by atoms with Gasteiger partial charge in [0.15, 0.2) is 12.0 Å². The van der Waals surface area contributed by atoms with Crippen LogP contribution in [0.5, 0.6) is 0 Å². The summed E-state index contributed by atoms with van der Waals surface area (Å²) in [5, 5.41) is 9.61. The Bertz CT molecular complexity index is 816. The van der Waals surface area contributed by atoms with Crippen LogP contribution in [0, 0.1) is 11.8 Å². The zero-order valence-electron chi connectivity index (χ0n) is 21.3. The van der Waals surface area contributed by atoms with Crippen LogP contribution in [0.4, 0.5) is 4.79 Å². The summed E-state index contributed by atoms with van der Waals surface area (Å²) in [6, 6.07) is -1.78. The number of urea groups is 1. The van der Waals surface area contributed by atoms with E-state index in [2.05, 4.69) is 4.99 Å². The molecule has 4 amide bonds. The minimum absolute atomic E-state index is 0.0613. The predicted molar refractivity (Wildman–Crippen MR) is 135 cm³/mol. The highest BCUT2D eigenvalue weighted by atomic mass is 16.4. The molecule has 2 aliphatic heterocycles. The van der Waals surface area contributed by atoms with Crippen LogP contribution in [0.25, 0.3) is 0 Å². The Kier molecular flexibility index (Phi) is 10.4. The first kappa shape index (κ1) is 27.7. The van der Waals surface area contributed by atoms with Crippen molar-refractivity contribution in [2.45, 2.75) is 83.1 Å². The number of nitrogens with zero attached hydrogens (tertiary/aromatic N) is 4. The molecule has 11 heteroatoms. The third-order valence-corrected chi connectivity index (χ3v) is 7.77. The number of piperazine rings is 1. The van der Waals surface area contributed by atoms with E-state index in [1.54, 1.807) is 4.90 Å². The summed E-state index contributed by atoms with van der Waals surface area (Å²) in [5.74, 6) is -1.53. The van der Waals surface area contributed by atoms with E-state index in [1.807, 2.05) is 0 Å². The number of hydrogen-bond acceptors (Lipinski definition) is 5. The zero-order chi connectivity index (χ0) is 26.1. The van der Waals surface area contributed by atoms with Gasteiger partial charge in [0.25, 0.3) is 0 Å². The second kappa shape index (κ2) is 13.5. The summed E-state index contributed by atoms with van der Waals surface area (Å²) in [4.78, 5) is 57.8. The molecule has 5 N–H and O–H groups in total. The SMILES string of the molecule is NC(N)=NCCC[C@H]1C(=O)N(C(=O)N2CCN(C(=O)CCCCCC3CCCCC3)CC2)C1C(=O)O. The zero-order valence-corrected chi connectivity index (χ0v) is 21.3. The number of carbonyl (C=O) groups is 4. The third kappa shape index (κ3) is 7.33. The molecule has 1 unspecified atom stereocenters. The maximum Gasteiger partial charge on any atom is 0.327 e. The number of carboxylic acid groups (broad SMARTS) is 1. The molecule has 11 nitrogen and oxygen atoms in total. The smallest absolute Gasteiger partial charge is 0.327 e. The lowest BCUT2D eigenvalue weighted by Crippen LogP contribution is -2.69. The van der Waals surface area contributed by atoms with Gasteiger partial charge >= 0.3 is 12.0 Å². The van der Waals surface area contributed by atoms with Crippen LogP contribution in [-0.2, 0) is 14.4 Å². The Morgan fingerprint density at radius 3 is 2.19 bits per heavy atom. The number of likely N-dealkylation sites (tertiary alicyclic amines) is 1. The van der Waals surface area contributed by atoms with E-state index >= 15 is 0 Å². The molecule has 36 heavy (non-hydrogen) atoms. The molecule has 2 heterocycles. The van der Waals surface area contributed by atoms with E-state index < -0.39 is 29.9 Å². The Morgan fingerprint density at radius 2 is 1.56 bits per heavy atom. The molecular weight excluding hydrogens is 464 g/mol. The van der Waals surface area contributed by atoms with Crippen molar-refractivity contribution in [1.29, 1.82) is 0 Å². The van der Waals surface area contributed by atoms with Gasteiger partial charge in [0.1, 0.15) is 0 Å². The maximum absolute atomic E-state index is 12.9. The Hall–Kier alpha value is -2.85. The fourth-order valence-electron chi connectivity index (χ4n) is 5.66. The Balaban J connectivity index is 1.37. The number of carboxylic acids is 1. The van der Waals surface area contributed by atoms with Crippen molar-refractivity contribution in [1.82, 2.24) is 14.7 Å². The number of nitrogens with two attached hydrogens (primary N) is 2. The molecule has 1 saturated carbocycles. The highest BCUT2D eigenvalue weighted by Crippen LogP contribution is 2.32. The van der Waals surface area contributed by atoms with Gasteiger partial charge in [-0.2, -0.15) is 0 Å². The van der Waals surface area contributed by atoms with E-state index in [1.165, 1.54) is 49.8 Å². The van der Waals surface area contributed by atoms with Gasteiger partial charge in [-0.25, -0.2) is 14.5 Å². The summed E-state index contributed by atoms with van der Waals surface area (Å²) < 4.78 is 0. The molecule has 3 aliphatic rings. The Labute approximate surface area is 213 Å². The largest absolute Gasteiger partial charge is 0.480 e. The normalized spacial score (nSPS) is 22.8. The van der Waals surface area contributed by atoms with E-state index in [9.17, 15) is 24.3 Å². The van der Waals surface area contributed by atoms with E-state index in [0.29, 0.717) is 38.9 Å². The second-order valence-corrected chi connectivity index (χ2v) is 10.3. The fourth-order valence-corrected chi connectivity index (χ4v) is 5.66. The number of imide groups is 1. The van der Waals surface area contributed by atoms with Crippen molar-refractivity contribution >= 4 is 29.8 Å². The van der Waals surface area contributed by atoms with Crippen molar-refractivity contribution in [3.8, 4) is 0 Å². The van der Waals surface area contributed by atoms with Gasteiger partial charge in [-0.15, -0.1) is 0 Å². The first-order valence-electron chi connectivity index (χ1n) is 13.5. The number of amides is 4. The van der Waals surface area contributed by atoms with Gasteiger partial charge in [0.2, 0.25) is 11.8 Å². The average molecular weight is 507 g/mol. The lowest BCUT2D eigenvalue weighted by Gasteiger charge is -2.46. The fraction of sp³-hybridized carbons (Fsp3) is 0.800. The van der Waals surface area contributed by atoms with Crippen LogP contribution >= 0.6 is 0 Å². The molecule has 0 aromatic rings. The van der Waals surface area contributed by atoms with Crippen LogP contribution in [0.2, 0.25) is 0 Å². The minimum Gasteiger partial charge on any atom is -0.480 e. The highest BCUT2D eigenvalue weighted by molar-refractivity contribution is 6.07. The molecule has 3 rings (SSSR count). The van der Waals surface area contributed by atoms with Gasteiger partial charge in [-0.05, 0) is 25.2 Å². The van der Waals surface area contributed by atoms with Crippen molar-refractivity contribution in [3.05, 3.63) is 0 Å². The number of rotatable bonds is 11. The summed E-state index contributed by atoms with van der Waals surface area (Å²) >= 11 is 0. The molecule has 0 aromatic carbocycles. The standard InChI is InChI=1S/C25H42N6O5/c26-24(27)28-13-7-11-19-21(23(34)35)31(22(19)33)25(36)30-16-14-29(15-17-30)20(32)12-6-2-5-10-18-8-3-1-4-9-18/h18-19,21H,1-17H2,(H,34,35)(H4,26,27,28)/t19-,21?/m1/s1. The third-order valence-electron chi connectivity index (χ3n) is 7.77. The lowest BCUT2D eigenvalue weighted by atomic mass is 9.84. The summed E-state index contributed by atoms with van der Waals surface area (Å²) in [6.45, 7) is 1.67. The molecule has 0 bridgehead atoms. The number of aliphatic imine (C=N–C) groups is 1. The van der Waals surface area contributed by atoms with Crippen molar-refractivity contribution < 1.29 is 24.3 Å². The van der Waals surface area contributed by atoms with Gasteiger partial charge in [0.05, 0.1) is 5.92 Å². The van der Waals surface area contributed by atoms with Crippen molar-refractivity contribution in [2.24, 2.45) is 28.3 Å². The van der Waals surface area contributed by atoms with Gasteiger partial charge in [-0.3, -0.25) is 14.6 Å². The van der Waals surface area contributed by atoms with Crippen LogP contribution in [0.3, 0.4) is 0 Å². The van der Waals surface area contributed by atoms with Crippen LogP contribution in [0.15, 0.2) is 4.99 Å². The van der Waals surface area contributed by atoms with Crippen LogP contribution in [-0.4, -0.2) is 88.3 Å². The Morgan fingerprint density at radius 1 is 0.889 bits per heavy atom. The molecule has 0 radical (unpaired) electrons. The van der Waals surface area contributed by atoms with Gasteiger partial charge in [0, 0.05) is 39.1 Å². The average Bonchev–Trinajstić information content (AvgIpc) is 2.86. The highest BCUT2D eigenvalue weighted by Gasteiger charge is 2.55. The minimum atomic E-state index is -1.20. The van der Waals surface area contributed by atoms with E-state index in [0.717, 1.165) is 23.7 Å². The number of aliphatic carboxylic acids is 1. The van der Waals surface area contributed by atoms with Gasteiger partial charge < -0.3 is 26.4 Å². The van der Waals surface area contributed by atoms with Crippen LogP contribution < -0.4 is 11.5 Å². The molecular formula is C25H42N6O5. The predicted octanol–water partition coefficient (Wildman–Crippen LogP) is 1.75. The maximum atomic E-state index is 12.9. The molecule has 202 valence electrons. The van der Waals surface area contributed by atoms with Crippen molar-refractivity contribution in [2.75, 3.05) is 32.7 Å². The monoisotopic (exact) mass is 506 g/mol. The number of β-lactam (4-membered cyclic amide) rings is 1. The number of guanidine groups is 1. The first-order chi connectivity index (χ1) is 17.3. The summed E-state index contributed by atoms with van der Waals surface area (Å²) in [7, 11) is 0. The quantitative estimate of drug-likeness (QED) is 0.166. The van der Waals surface area contributed by atoms with Crippen LogP contribution in [0.1, 0.15) is 77.0 Å². The van der Waals surface area contributed by atoms with Gasteiger partial charge in [-0.1, -0.05) is 51.4 Å². The van der Waals surface area contributed by atoms with E-state index in [4.69, 9.17) is 11.5 Å². The molecule has 2 atom stereocenters. The second-order valence-electron chi connectivity index (χ2n) is 10.3. The summed E-state index contributed by atoms with van der Waals surface area (Å²) in [5.41, 5.74) is 10.6. The molecule has 0 aromatic heterocycles. The topological polar surface area (TPSA) is 163 Å². The molecule has 2 saturated heterocycles. The van der Waals surface area contributed by atoms with Crippen molar-refractivity contribution in [3.63, 3.8) is 0 Å². The molecule has 1 aliphatic carbocycles. The van der Waals surface area contributed by atoms with E-state index in [-0.39, 0.29) is 25.0 Å². The molecule has 0 spiro atoms. The number of carbonyl (C=O) groups excluding carboxylic acids is 3. The summed E-state index contributed by atoms with van der Waals surface area (Å²) in [6.07, 6.45) is 12.5. The number of unbranched alkanes of at least 4 members (excludes halogenated alkanes) is 2.